The predicted molar refractivity (Wildman–Crippen MR) is 176 cm³/mol. The summed E-state index contributed by atoms with van der Waals surface area (Å²) in [5, 5.41) is 10.0. The zero-order valence-corrected chi connectivity index (χ0v) is 26.3. The lowest BCUT2D eigenvalue weighted by atomic mass is 9.97. The van der Waals surface area contributed by atoms with Crippen LogP contribution in [-0.4, -0.2) is 65.0 Å². The molecular formula is C34H38Cl2N6O2. The molecule has 3 heterocycles. The number of nitrogens with two attached hydrogens (primary N) is 1. The first kappa shape index (κ1) is 30.6. The Morgan fingerprint density at radius 1 is 0.886 bits per heavy atom. The first-order valence-electron chi connectivity index (χ1n) is 15.2. The summed E-state index contributed by atoms with van der Waals surface area (Å²) in [7, 11) is 0. The monoisotopic (exact) mass is 632 g/mol. The van der Waals surface area contributed by atoms with Crippen LogP contribution < -0.4 is 11.1 Å². The van der Waals surface area contributed by atoms with Gasteiger partial charge in [0.25, 0.3) is 0 Å². The van der Waals surface area contributed by atoms with Gasteiger partial charge in [0.05, 0.1) is 25.5 Å². The molecule has 4 aromatic rings. The number of aromatic nitrogens is 2. The van der Waals surface area contributed by atoms with Gasteiger partial charge in [-0.2, -0.15) is 5.10 Å². The number of aryl methyl sites for hydroxylation is 1. The summed E-state index contributed by atoms with van der Waals surface area (Å²) in [4.78, 5) is 16.2. The zero-order valence-electron chi connectivity index (χ0n) is 24.8. The van der Waals surface area contributed by atoms with Gasteiger partial charge < -0.3 is 20.7 Å². The van der Waals surface area contributed by atoms with Gasteiger partial charge in [0.2, 0.25) is 0 Å². The number of hydrogen-bond donors (Lipinski definition) is 2. The van der Waals surface area contributed by atoms with Crippen LogP contribution in [0.25, 0.3) is 22.4 Å². The number of benzene rings is 3. The van der Waals surface area contributed by atoms with Gasteiger partial charge >= 0.3 is 6.03 Å². The van der Waals surface area contributed by atoms with E-state index in [0.717, 1.165) is 98.3 Å². The topological polar surface area (TPSA) is 88.7 Å². The number of nitrogens with zero attached hydrogens (tertiary/aromatic N) is 4. The van der Waals surface area contributed by atoms with Crippen molar-refractivity contribution in [1.82, 2.24) is 24.9 Å². The number of primary amides is 1. The van der Waals surface area contributed by atoms with E-state index in [1.807, 2.05) is 36.4 Å². The lowest BCUT2D eigenvalue weighted by Crippen LogP contribution is -2.40. The summed E-state index contributed by atoms with van der Waals surface area (Å²) in [6.07, 6.45) is 1.73. The van der Waals surface area contributed by atoms with Gasteiger partial charge in [0, 0.05) is 84.7 Å². The van der Waals surface area contributed by atoms with Crippen LogP contribution in [0.4, 0.5) is 4.79 Å². The van der Waals surface area contributed by atoms with E-state index in [0.29, 0.717) is 18.1 Å². The molecule has 3 aromatic carbocycles. The zero-order chi connectivity index (χ0) is 30.5. The van der Waals surface area contributed by atoms with E-state index < -0.39 is 6.03 Å². The quantitative estimate of drug-likeness (QED) is 0.225. The third-order valence-corrected chi connectivity index (χ3v) is 9.05. The fourth-order valence-electron chi connectivity index (χ4n) is 6.01. The summed E-state index contributed by atoms with van der Waals surface area (Å²) < 4.78 is 7.64. The fourth-order valence-corrected chi connectivity index (χ4v) is 6.37. The molecule has 44 heavy (non-hydrogen) atoms. The smallest absolute Gasteiger partial charge is 0.315 e. The van der Waals surface area contributed by atoms with Crippen LogP contribution in [-0.2, 0) is 37.3 Å². The Kier molecular flexibility index (Phi) is 9.84. The molecule has 8 nitrogen and oxygen atoms in total. The SMILES string of the molecule is NC(=O)N1CCc2c(c(-c3ccc(Cl)c(-c4ccc(CNCc5ccc(Cl)cc5)cc4)c3)nn2CCCN2CCOCC2)C1. The lowest BCUT2D eigenvalue weighted by Gasteiger charge is -2.27. The van der Waals surface area contributed by atoms with E-state index in [1.54, 1.807) is 4.90 Å². The molecule has 2 aliphatic rings. The van der Waals surface area contributed by atoms with Gasteiger partial charge in [-0.15, -0.1) is 0 Å². The van der Waals surface area contributed by atoms with Crippen LogP contribution in [0, 0.1) is 0 Å². The average Bonchev–Trinajstić information content (AvgIpc) is 3.41. The van der Waals surface area contributed by atoms with Crippen LogP contribution in [0.5, 0.6) is 0 Å². The highest BCUT2D eigenvalue weighted by Gasteiger charge is 2.27. The fraction of sp³-hybridized carbons (Fsp3) is 0.353. The van der Waals surface area contributed by atoms with Crippen molar-refractivity contribution in [2.24, 2.45) is 5.73 Å². The minimum atomic E-state index is -0.402. The second kappa shape index (κ2) is 14.1. The highest BCUT2D eigenvalue weighted by molar-refractivity contribution is 6.33. The number of carbonyl (C=O) groups excluding carboxylic acids is 1. The van der Waals surface area contributed by atoms with Gasteiger partial charge in [-0.1, -0.05) is 65.7 Å². The molecule has 0 radical (unpaired) electrons. The second-order valence-electron chi connectivity index (χ2n) is 11.4. The maximum Gasteiger partial charge on any atom is 0.315 e. The predicted octanol–water partition coefficient (Wildman–Crippen LogP) is 5.97. The molecule has 0 bridgehead atoms. The van der Waals surface area contributed by atoms with Crippen LogP contribution in [0.15, 0.2) is 66.7 Å². The molecule has 0 saturated carbocycles. The Labute approximate surface area is 268 Å². The van der Waals surface area contributed by atoms with Crippen molar-refractivity contribution in [3.05, 3.63) is 99.2 Å². The Morgan fingerprint density at radius 3 is 2.27 bits per heavy atom. The molecule has 0 atom stereocenters. The molecule has 0 spiro atoms. The summed E-state index contributed by atoms with van der Waals surface area (Å²) in [5.74, 6) is 0. The molecule has 1 aromatic heterocycles. The number of morpholine rings is 1. The number of ether oxygens (including phenoxy) is 1. The molecule has 3 N–H and O–H groups in total. The second-order valence-corrected chi connectivity index (χ2v) is 12.3. The van der Waals surface area contributed by atoms with Crippen LogP contribution in [0.1, 0.15) is 28.8 Å². The standard InChI is InChI=1S/C34H38Cl2N6O2/c35-28-9-4-25(5-10-28)22-38-21-24-2-6-26(7-3-24)29-20-27(8-11-31(29)36)33-30-23-41(34(37)43)15-12-32(30)42(39-33)14-1-13-40-16-18-44-19-17-40/h2-11,20,38H,1,12-19,21-23H2,(H2,37,43). The van der Waals surface area contributed by atoms with Crippen LogP contribution in [0.3, 0.4) is 0 Å². The molecule has 2 amide bonds. The molecule has 230 valence electrons. The summed E-state index contributed by atoms with van der Waals surface area (Å²) in [6, 6.07) is 22.0. The van der Waals surface area contributed by atoms with Gasteiger partial charge in [-0.05, 0) is 47.4 Å². The largest absolute Gasteiger partial charge is 0.379 e. The van der Waals surface area contributed by atoms with Crippen LogP contribution in [0.2, 0.25) is 10.0 Å². The van der Waals surface area contributed by atoms with E-state index in [-0.39, 0.29) is 0 Å². The first-order valence-corrected chi connectivity index (χ1v) is 16.0. The van der Waals surface area contributed by atoms with Crippen molar-refractivity contribution in [3.8, 4) is 22.4 Å². The molecule has 6 rings (SSSR count). The van der Waals surface area contributed by atoms with E-state index in [1.165, 1.54) is 16.8 Å². The minimum absolute atomic E-state index is 0.402. The molecule has 1 fully saturated rings. The van der Waals surface area contributed by atoms with E-state index in [2.05, 4.69) is 45.2 Å². The maximum atomic E-state index is 12.1. The third kappa shape index (κ3) is 7.28. The van der Waals surface area contributed by atoms with Crippen molar-refractivity contribution in [2.75, 3.05) is 39.4 Å². The van der Waals surface area contributed by atoms with Gasteiger partial charge in [0.1, 0.15) is 0 Å². The Bertz CT molecular complexity index is 1580. The molecule has 1 saturated heterocycles. The van der Waals surface area contributed by atoms with Gasteiger partial charge in [-0.25, -0.2) is 4.79 Å². The van der Waals surface area contributed by atoms with E-state index in [9.17, 15) is 4.79 Å². The van der Waals surface area contributed by atoms with E-state index in [4.69, 9.17) is 38.8 Å². The summed E-state index contributed by atoms with van der Waals surface area (Å²) >= 11 is 12.7. The number of nitrogens with one attached hydrogen (secondary N) is 1. The van der Waals surface area contributed by atoms with Crippen molar-refractivity contribution in [3.63, 3.8) is 0 Å². The molecule has 0 unspecified atom stereocenters. The first-order chi connectivity index (χ1) is 21.4. The number of fused-ring (bicyclic) bond motifs is 1. The number of rotatable bonds is 10. The van der Waals surface area contributed by atoms with Crippen molar-refractivity contribution >= 4 is 29.2 Å². The number of halogens is 2. The maximum absolute atomic E-state index is 12.1. The van der Waals surface area contributed by atoms with Crippen molar-refractivity contribution < 1.29 is 9.53 Å². The van der Waals surface area contributed by atoms with E-state index >= 15 is 0 Å². The lowest BCUT2D eigenvalue weighted by molar-refractivity contribution is 0.0368. The average molecular weight is 634 g/mol. The van der Waals surface area contributed by atoms with Gasteiger partial charge in [0.15, 0.2) is 0 Å². The molecular weight excluding hydrogens is 595 g/mol. The number of carbonyl (C=O) groups is 1. The summed E-state index contributed by atoms with van der Waals surface area (Å²) in [5.41, 5.74) is 14.2. The van der Waals surface area contributed by atoms with Crippen LogP contribution >= 0.6 is 23.2 Å². The number of amides is 2. The highest BCUT2D eigenvalue weighted by atomic mass is 35.5. The Morgan fingerprint density at radius 2 is 1.57 bits per heavy atom. The molecule has 10 heteroatoms. The van der Waals surface area contributed by atoms with Crippen molar-refractivity contribution in [2.45, 2.75) is 39.0 Å². The van der Waals surface area contributed by atoms with Crippen molar-refractivity contribution in [1.29, 1.82) is 0 Å². The third-order valence-electron chi connectivity index (χ3n) is 8.47. The molecule has 2 aliphatic heterocycles. The highest BCUT2D eigenvalue weighted by Crippen LogP contribution is 2.36. The Hall–Kier alpha value is -3.40. The minimum Gasteiger partial charge on any atom is -0.379 e. The molecule has 0 aliphatic carbocycles. The number of hydrogen-bond acceptors (Lipinski definition) is 5. The normalized spacial score (nSPS) is 15.4. The van der Waals surface area contributed by atoms with Gasteiger partial charge in [-0.3, -0.25) is 9.58 Å². The summed E-state index contributed by atoms with van der Waals surface area (Å²) in [6.45, 7) is 7.97. The number of urea groups is 1. The Balaban J connectivity index is 1.20.